The molecule has 1 amide bonds. The minimum Gasteiger partial charge on any atom is -0.398 e. The minimum atomic E-state index is -0.418. The standard InChI is InChI=1S/C24H43BN2O3/c1-7-9-11-13-17-27(18-14-12-10-8-2)22(28)19-20-15-16-21(26-20)25-29-23(3,4)24(5,6)30-25/h15-16,26H,7-14,17-19H2,1-6H3. The number of rotatable bonds is 13. The van der Waals surface area contributed by atoms with Gasteiger partial charge in [0, 0.05) is 24.4 Å². The van der Waals surface area contributed by atoms with Gasteiger partial charge in [-0.25, -0.2) is 0 Å². The zero-order valence-corrected chi connectivity index (χ0v) is 20.2. The first kappa shape index (κ1) is 25.0. The molecule has 0 atom stereocenters. The third-order valence-corrected chi connectivity index (χ3v) is 6.53. The van der Waals surface area contributed by atoms with E-state index in [2.05, 4.69) is 51.4 Å². The number of hydrogen-bond acceptors (Lipinski definition) is 3. The first-order chi connectivity index (χ1) is 14.2. The van der Waals surface area contributed by atoms with Crippen LogP contribution in [0.25, 0.3) is 0 Å². The lowest BCUT2D eigenvalue weighted by Gasteiger charge is -2.32. The summed E-state index contributed by atoms with van der Waals surface area (Å²) < 4.78 is 12.2. The average Bonchev–Trinajstić information content (AvgIpc) is 3.22. The number of aromatic amines is 1. The highest BCUT2D eigenvalue weighted by atomic mass is 16.7. The van der Waals surface area contributed by atoms with Crippen LogP contribution < -0.4 is 5.59 Å². The fourth-order valence-corrected chi connectivity index (χ4v) is 3.76. The number of nitrogens with zero attached hydrogens (tertiary/aromatic N) is 1. The molecule has 0 radical (unpaired) electrons. The highest BCUT2D eigenvalue weighted by Gasteiger charge is 2.52. The molecule has 1 aliphatic heterocycles. The molecule has 0 unspecified atom stereocenters. The Hall–Kier alpha value is -1.27. The molecule has 0 spiro atoms. The fourth-order valence-electron chi connectivity index (χ4n) is 3.76. The van der Waals surface area contributed by atoms with Crippen LogP contribution in [0.2, 0.25) is 0 Å². The lowest BCUT2D eigenvalue weighted by Crippen LogP contribution is -2.41. The summed E-state index contributed by atoms with van der Waals surface area (Å²) in [5.74, 6) is 0.213. The van der Waals surface area contributed by atoms with Gasteiger partial charge in [-0.15, -0.1) is 0 Å². The van der Waals surface area contributed by atoms with Crippen molar-refractivity contribution in [3.63, 3.8) is 0 Å². The first-order valence-corrected chi connectivity index (χ1v) is 12.0. The molecule has 0 saturated carbocycles. The molecule has 30 heavy (non-hydrogen) atoms. The topological polar surface area (TPSA) is 54.6 Å². The van der Waals surface area contributed by atoms with E-state index in [-0.39, 0.29) is 17.1 Å². The number of unbranched alkanes of at least 4 members (excludes halogenated alkanes) is 6. The van der Waals surface area contributed by atoms with Crippen molar-refractivity contribution in [3.05, 3.63) is 17.8 Å². The number of aromatic nitrogens is 1. The summed E-state index contributed by atoms with van der Waals surface area (Å²) in [4.78, 5) is 18.5. The van der Waals surface area contributed by atoms with Gasteiger partial charge in [0.15, 0.2) is 0 Å². The molecule has 0 bridgehead atoms. The second-order valence-electron chi connectivity index (χ2n) is 9.71. The number of nitrogens with one attached hydrogen (secondary N) is 1. The van der Waals surface area contributed by atoms with Gasteiger partial charge in [-0.05, 0) is 52.7 Å². The van der Waals surface area contributed by atoms with Crippen molar-refractivity contribution in [1.29, 1.82) is 0 Å². The minimum absolute atomic E-state index is 0.213. The normalized spacial score (nSPS) is 17.5. The maximum Gasteiger partial charge on any atom is 0.512 e. The lowest BCUT2D eigenvalue weighted by molar-refractivity contribution is -0.130. The van der Waals surface area contributed by atoms with E-state index in [1.54, 1.807) is 0 Å². The summed E-state index contributed by atoms with van der Waals surface area (Å²) in [6.07, 6.45) is 9.91. The van der Waals surface area contributed by atoms with Crippen molar-refractivity contribution >= 4 is 18.6 Å². The third-order valence-electron chi connectivity index (χ3n) is 6.53. The van der Waals surface area contributed by atoms with Crippen LogP contribution in [0, 0.1) is 0 Å². The maximum atomic E-state index is 13.0. The monoisotopic (exact) mass is 418 g/mol. The number of carbonyl (C=O) groups excluding carboxylic acids is 1. The smallest absolute Gasteiger partial charge is 0.398 e. The van der Waals surface area contributed by atoms with Gasteiger partial charge in [-0.3, -0.25) is 4.79 Å². The van der Waals surface area contributed by atoms with Crippen LogP contribution in [0.3, 0.4) is 0 Å². The van der Waals surface area contributed by atoms with E-state index >= 15 is 0 Å². The summed E-state index contributed by atoms with van der Waals surface area (Å²) in [5.41, 5.74) is 1.07. The molecule has 2 heterocycles. The highest BCUT2D eigenvalue weighted by Crippen LogP contribution is 2.36. The van der Waals surface area contributed by atoms with E-state index in [1.807, 2.05) is 12.1 Å². The van der Waals surface area contributed by atoms with Gasteiger partial charge in [0.2, 0.25) is 5.91 Å². The van der Waals surface area contributed by atoms with E-state index in [4.69, 9.17) is 9.31 Å². The molecule has 6 heteroatoms. The van der Waals surface area contributed by atoms with Gasteiger partial charge in [-0.2, -0.15) is 0 Å². The fraction of sp³-hybridized carbons (Fsp3) is 0.792. The van der Waals surface area contributed by atoms with Gasteiger partial charge in [0.25, 0.3) is 0 Å². The lowest BCUT2D eigenvalue weighted by atomic mass is 9.85. The third kappa shape index (κ3) is 6.88. The van der Waals surface area contributed by atoms with Crippen LogP contribution in [0.1, 0.15) is 98.6 Å². The number of H-pyrrole nitrogens is 1. The second-order valence-corrected chi connectivity index (χ2v) is 9.71. The molecule has 1 aliphatic rings. The summed E-state index contributed by atoms with van der Waals surface area (Å²) in [5, 5.41) is 0. The largest absolute Gasteiger partial charge is 0.512 e. The molecule has 0 aromatic carbocycles. The maximum absolute atomic E-state index is 13.0. The molecule has 1 aromatic rings. The van der Waals surface area contributed by atoms with E-state index in [9.17, 15) is 4.79 Å². The van der Waals surface area contributed by atoms with E-state index < -0.39 is 7.12 Å². The van der Waals surface area contributed by atoms with E-state index in [1.165, 1.54) is 38.5 Å². The quantitative estimate of drug-likeness (QED) is 0.368. The predicted octanol–water partition coefficient (Wildman–Crippen LogP) is 4.85. The predicted molar refractivity (Wildman–Crippen MR) is 125 cm³/mol. The molecule has 5 nitrogen and oxygen atoms in total. The van der Waals surface area contributed by atoms with Crippen molar-refractivity contribution < 1.29 is 14.1 Å². The Kier molecular flexibility index (Phi) is 9.48. The zero-order valence-electron chi connectivity index (χ0n) is 20.2. The van der Waals surface area contributed by atoms with E-state index in [0.717, 1.165) is 37.2 Å². The number of amides is 1. The van der Waals surface area contributed by atoms with Crippen LogP contribution in [0.15, 0.2) is 12.1 Å². The van der Waals surface area contributed by atoms with Crippen LogP contribution in [0.4, 0.5) is 0 Å². The molecule has 2 rings (SSSR count). The van der Waals surface area contributed by atoms with Gasteiger partial charge in [0.1, 0.15) is 0 Å². The van der Waals surface area contributed by atoms with Crippen LogP contribution in [-0.2, 0) is 20.5 Å². The molecule has 1 fully saturated rings. The summed E-state index contributed by atoms with van der Waals surface area (Å²) in [6.45, 7) is 14.4. The van der Waals surface area contributed by atoms with Crippen molar-refractivity contribution in [1.82, 2.24) is 9.88 Å². The summed E-state index contributed by atoms with van der Waals surface area (Å²) in [6, 6.07) is 3.97. The van der Waals surface area contributed by atoms with Crippen molar-refractivity contribution in [2.45, 2.75) is 111 Å². The Balaban J connectivity index is 1.94. The Labute approximate surface area is 184 Å². The summed E-state index contributed by atoms with van der Waals surface area (Å²) >= 11 is 0. The van der Waals surface area contributed by atoms with Crippen molar-refractivity contribution in [2.75, 3.05) is 13.1 Å². The van der Waals surface area contributed by atoms with Crippen molar-refractivity contribution in [2.24, 2.45) is 0 Å². The molecule has 170 valence electrons. The first-order valence-electron chi connectivity index (χ1n) is 12.0. The SMILES string of the molecule is CCCCCCN(CCCCCC)C(=O)Cc1ccc(B2OC(C)(C)C(C)(C)O2)[nH]1. The second kappa shape index (κ2) is 11.4. The molecular weight excluding hydrogens is 375 g/mol. The zero-order chi connectivity index (χ0) is 22.2. The Morgan fingerprint density at radius 1 is 0.900 bits per heavy atom. The number of hydrogen-bond donors (Lipinski definition) is 1. The Morgan fingerprint density at radius 2 is 1.43 bits per heavy atom. The number of carbonyl (C=O) groups is 1. The van der Waals surface area contributed by atoms with Gasteiger partial charge in [0.05, 0.1) is 17.6 Å². The van der Waals surface area contributed by atoms with Crippen LogP contribution in [0.5, 0.6) is 0 Å². The van der Waals surface area contributed by atoms with E-state index in [0.29, 0.717) is 6.42 Å². The molecular formula is C24H43BN2O3. The molecule has 1 aromatic heterocycles. The summed E-state index contributed by atoms with van der Waals surface area (Å²) in [7, 11) is -0.418. The van der Waals surface area contributed by atoms with Crippen LogP contribution in [-0.4, -0.2) is 47.2 Å². The Morgan fingerprint density at radius 3 is 1.93 bits per heavy atom. The molecule has 1 saturated heterocycles. The van der Waals surface area contributed by atoms with Crippen molar-refractivity contribution in [3.8, 4) is 0 Å². The van der Waals surface area contributed by atoms with Gasteiger partial charge in [-0.1, -0.05) is 52.4 Å². The Bertz CT molecular complexity index is 629. The molecule has 0 aliphatic carbocycles. The van der Waals surface area contributed by atoms with Crippen LogP contribution >= 0.6 is 0 Å². The molecule has 1 N–H and O–H groups in total. The average molecular weight is 418 g/mol. The van der Waals surface area contributed by atoms with Gasteiger partial charge >= 0.3 is 7.12 Å². The highest BCUT2D eigenvalue weighted by molar-refractivity contribution is 6.61. The van der Waals surface area contributed by atoms with Gasteiger partial charge < -0.3 is 19.2 Å².